The van der Waals surface area contributed by atoms with Gasteiger partial charge in [-0.25, -0.2) is 0 Å². The summed E-state index contributed by atoms with van der Waals surface area (Å²) in [6.07, 6.45) is 4.61. The highest BCUT2D eigenvalue weighted by Gasteiger charge is 2.47. The van der Waals surface area contributed by atoms with Crippen LogP contribution < -0.4 is 0 Å². The van der Waals surface area contributed by atoms with E-state index in [4.69, 9.17) is 4.74 Å². The number of likely N-dealkylation sites (tertiary alicyclic amines) is 1. The minimum Gasteiger partial charge on any atom is -0.379 e. The fraction of sp³-hybridized carbons (Fsp3) is 0.882. The fourth-order valence-electron chi connectivity index (χ4n) is 4.40. The molecule has 3 fully saturated rings. The van der Waals surface area contributed by atoms with Gasteiger partial charge in [-0.15, -0.1) is 0 Å². The van der Waals surface area contributed by atoms with Crippen molar-refractivity contribution in [1.29, 1.82) is 5.26 Å². The van der Waals surface area contributed by atoms with Crippen LogP contribution in [0.3, 0.4) is 0 Å². The van der Waals surface area contributed by atoms with E-state index in [1.807, 2.05) is 4.90 Å². The molecule has 5 heteroatoms. The summed E-state index contributed by atoms with van der Waals surface area (Å²) >= 11 is 0. The largest absolute Gasteiger partial charge is 0.379 e. The van der Waals surface area contributed by atoms with Crippen molar-refractivity contribution in [2.24, 2.45) is 11.3 Å². The van der Waals surface area contributed by atoms with E-state index in [9.17, 15) is 10.1 Å². The Labute approximate surface area is 133 Å². The Morgan fingerprint density at radius 3 is 2.55 bits per heavy atom. The summed E-state index contributed by atoms with van der Waals surface area (Å²) in [7, 11) is 0. The molecule has 0 bridgehead atoms. The van der Waals surface area contributed by atoms with Gasteiger partial charge in [-0.2, -0.15) is 5.26 Å². The van der Waals surface area contributed by atoms with Crippen molar-refractivity contribution in [1.82, 2.24) is 9.80 Å². The van der Waals surface area contributed by atoms with E-state index >= 15 is 0 Å². The highest BCUT2D eigenvalue weighted by Crippen LogP contribution is 2.40. The van der Waals surface area contributed by atoms with E-state index in [0.29, 0.717) is 12.0 Å². The van der Waals surface area contributed by atoms with Gasteiger partial charge in [-0.1, -0.05) is 26.2 Å². The van der Waals surface area contributed by atoms with Crippen LogP contribution in [0.5, 0.6) is 0 Å². The van der Waals surface area contributed by atoms with E-state index in [2.05, 4.69) is 17.9 Å². The first-order valence-electron chi connectivity index (χ1n) is 8.72. The first kappa shape index (κ1) is 15.8. The molecule has 0 spiro atoms. The molecule has 22 heavy (non-hydrogen) atoms. The molecule has 1 aliphatic carbocycles. The van der Waals surface area contributed by atoms with Gasteiger partial charge in [0.1, 0.15) is 5.41 Å². The minimum absolute atomic E-state index is 0.0988. The summed E-state index contributed by atoms with van der Waals surface area (Å²) in [6, 6.07) is 2.80. The quantitative estimate of drug-likeness (QED) is 0.795. The van der Waals surface area contributed by atoms with Crippen LogP contribution in [0.15, 0.2) is 0 Å². The molecule has 0 aromatic heterocycles. The van der Waals surface area contributed by atoms with Crippen LogP contribution in [0.4, 0.5) is 0 Å². The van der Waals surface area contributed by atoms with Crippen molar-refractivity contribution in [3.05, 3.63) is 0 Å². The fourth-order valence-corrected chi connectivity index (χ4v) is 4.40. The molecule has 0 aromatic carbocycles. The van der Waals surface area contributed by atoms with Crippen molar-refractivity contribution in [3.8, 4) is 6.07 Å². The number of rotatable bonds is 3. The predicted octanol–water partition coefficient (Wildman–Crippen LogP) is 1.64. The second-order valence-corrected chi connectivity index (χ2v) is 7.00. The summed E-state index contributed by atoms with van der Waals surface area (Å²) < 4.78 is 5.45. The summed E-state index contributed by atoms with van der Waals surface area (Å²) in [6.45, 7) is 7.34. The standard InChI is InChI=1S/C17H27N3O2/c1-2-14-11-20(12-15(14)19-7-9-22-10-8-19)16(21)17(13-18)5-3-4-6-17/h14-15H,2-12H2,1H3/t14-,15+/m1/s1. The van der Waals surface area contributed by atoms with Crippen LogP contribution in [0, 0.1) is 22.7 Å². The molecule has 2 saturated heterocycles. The monoisotopic (exact) mass is 305 g/mol. The van der Waals surface area contributed by atoms with Crippen molar-refractivity contribution in [2.75, 3.05) is 39.4 Å². The van der Waals surface area contributed by atoms with Gasteiger partial charge in [0.25, 0.3) is 0 Å². The SMILES string of the molecule is CC[C@@H]1CN(C(=O)C2(C#N)CCCC2)C[C@@H]1N1CCOCC1. The zero-order valence-corrected chi connectivity index (χ0v) is 13.6. The van der Waals surface area contributed by atoms with Crippen LogP contribution in [-0.2, 0) is 9.53 Å². The lowest BCUT2D eigenvalue weighted by molar-refractivity contribution is -0.138. The number of ether oxygens (including phenoxy) is 1. The van der Waals surface area contributed by atoms with Crippen molar-refractivity contribution < 1.29 is 9.53 Å². The molecule has 1 saturated carbocycles. The number of nitriles is 1. The molecule has 0 unspecified atom stereocenters. The van der Waals surface area contributed by atoms with Crippen molar-refractivity contribution in [2.45, 2.75) is 45.1 Å². The third kappa shape index (κ3) is 2.75. The maximum atomic E-state index is 13.0. The molecule has 3 aliphatic rings. The zero-order chi connectivity index (χ0) is 15.6. The van der Waals surface area contributed by atoms with Gasteiger partial charge in [-0.05, 0) is 18.8 Å². The minimum atomic E-state index is -0.724. The number of hydrogen-bond donors (Lipinski definition) is 0. The predicted molar refractivity (Wildman–Crippen MR) is 83.1 cm³/mol. The Morgan fingerprint density at radius 2 is 1.95 bits per heavy atom. The Kier molecular flexibility index (Phi) is 4.70. The normalized spacial score (nSPS) is 32.1. The van der Waals surface area contributed by atoms with Crippen LogP contribution in [0.1, 0.15) is 39.0 Å². The third-order valence-electron chi connectivity index (χ3n) is 5.81. The van der Waals surface area contributed by atoms with Gasteiger partial charge in [0.05, 0.1) is 19.3 Å². The summed E-state index contributed by atoms with van der Waals surface area (Å²) in [5, 5.41) is 9.56. The van der Waals surface area contributed by atoms with Gasteiger partial charge in [0.15, 0.2) is 0 Å². The molecule has 0 radical (unpaired) electrons. The lowest BCUT2D eigenvalue weighted by atomic mass is 9.86. The molecule has 0 N–H and O–H groups in total. The van der Waals surface area contributed by atoms with Crippen molar-refractivity contribution >= 4 is 5.91 Å². The molecule has 3 rings (SSSR count). The average Bonchev–Trinajstić information content (AvgIpc) is 3.22. The Hall–Kier alpha value is -1.12. The summed E-state index contributed by atoms with van der Waals surface area (Å²) in [5.41, 5.74) is -0.724. The second-order valence-electron chi connectivity index (χ2n) is 7.00. The van der Waals surface area contributed by atoms with Gasteiger partial charge >= 0.3 is 0 Å². The van der Waals surface area contributed by atoms with Gasteiger partial charge in [0.2, 0.25) is 5.91 Å². The molecule has 5 nitrogen and oxygen atoms in total. The van der Waals surface area contributed by atoms with Crippen LogP contribution in [0.2, 0.25) is 0 Å². The third-order valence-corrected chi connectivity index (χ3v) is 5.81. The molecule has 2 atom stereocenters. The number of morpholine rings is 1. The molecule has 2 aliphatic heterocycles. The Balaban J connectivity index is 1.70. The zero-order valence-electron chi connectivity index (χ0n) is 13.6. The highest BCUT2D eigenvalue weighted by molar-refractivity contribution is 5.86. The first-order chi connectivity index (χ1) is 10.7. The summed E-state index contributed by atoms with van der Waals surface area (Å²) in [4.78, 5) is 17.4. The van der Waals surface area contributed by atoms with Gasteiger partial charge in [-0.3, -0.25) is 9.69 Å². The van der Waals surface area contributed by atoms with Gasteiger partial charge in [0, 0.05) is 32.2 Å². The number of nitrogens with zero attached hydrogens (tertiary/aromatic N) is 3. The molecule has 0 aromatic rings. The van der Waals surface area contributed by atoms with Crippen LogP contribution in [-0.4, -0.2) is 61.1 Å². The average molecular weight is 305 g/mol. The number of hydrogen-bond acceptors (Lipinski definition) is 4. The second kappa shape index (κ2) is 6.55. The maximum absolute atomic E-state index is 13.0. The van der Waals surface area contributed by atoms with E-state index in [0.717, 1.165) is 71.5 Å². The molecular formula is C17H27N3O2. The molecular weight excluding hydrogens is 278 g/mol. The Morgan fingerprint density at radius 1 is 1.27 bits per heavy atom. The highest BCUT2D eigenvalue weighted by atomic mass is 16.5. The topological polar surface area (TPSA) is 56.6 Å². The van der Waals surface area contributed by atoms with E-state index in [1.165, 1.54) is 0 Å². The number of carbonyl (C=O) groups excluding carboxylic acids is 1. The Bertz CT molecular complexity index is 447. The molecule has 2 heterocycles. The lowest BCUT2D eigenvalue weighted by Crippen LogP contribution is -2.48. The van der Waals surface area contributed by atoms with Crippen LogP contribution in [0.25, 0.3) is 0 Å². The van der Waals surface area contributed by atoms with E-state index in [1.54, 1.807) is 0 Å². The van der Waals surface area contributed by atoms with E-state index in [-0.39, 0.29) is 5.91 Å². The number of amides is 1. The van der Waals surface area contributed by atoms with Crippen molar-refractivity contribution in [3.63, 3.8) is 0 Å². The smallest absolute Gasteiger partial charge is 0.243 e. The number of carbonyl (C=O) groups is 1. The summed E-state index contributed by atoms with van der Waals surface area (Å²) in [5.74, 6) is 0.626. The van der Waals surface area contributed by atoms with E-state index < -0.39 is 5.41 Å². The first-order valence-corrected chi connectivity index (χ1v) is 8.72. The lowest BCUT2D eigenvalue weighted by Gasteiger charge is -2.34. The maximum Gasteiger partial charge on any atom is 0.243 e. The van der Waals surface area contributed by atoms with Gasteiger partial charge < -0.3 is 9.64 Å². The van der Waals surface area contributed by atoms with Crippen LogP contribution >= 0.6 is 0 Å². The molecule has 1 amide bonds. The molecule has 122 valence electrons.